The van der Waals surface area contributed by atoms with Crippen LogP contribution in [0.1, 0.15) is 31.2 Å². The zero-order chi connectivity index (χ0) is 24.9. The van der Waals surface area contributed by atoms with Gasteiger partial charge in [-0.05, 0) is 62.9 Å². The third-order valence-electron chi connectivity index (χ3n) is 6.76. The first-order valence-corrected chi connectivity index (χ1v) is 12.3. The molecule has 2 aromatic carbocycles. The Morgan fingerprint density at radius 3 is 2.49 bits per heavy atom. The van der Waals surface area contributed by atoms with Crippen LogP contribution in [0.2, 0.25) is 5.02 Å². The first-order chi connectivity index (χ1) is 16.8. The van der Waals surface area contributed by atoms with Gasteiger partial charge in [-0.15, -0.1) is 0 Å². The summed E-state index contributed by atoms with van der Waals surface area (Å²) in [4.78, 5) is 27.0. The molecule has 0 atom stereocenters. The van der Waals surface area contributed by atoms with Crippen molar-refractivity contribution >= 4 is 34.6 Å². The molecule has 1 N–H and O–H groups in total. The van der Waals surface area contributed by atoms with Crippen LogP contribution in [0.3, 0.4) is 0 Å². The van der Waals surface area contributed by atoms with Crippen molar-refractivity contribution in [3.8, 4) is 0 Å². The number of carbonyl (C=O) groups excluding carboxylic acids is 1. The van der Waals surface area contributed by atoms with E-state index in [1.54, 1.807) is 36.1 Å². The molecular weight excluding hydrogens is 475 g/mol. The molecule has 0 aromatic heterocycles. The summed E-state index contributed by atoms with van der Waals surface area (Å²) >= 11 is 5.83. The largest absolute Gasteiger partial charge is 0.382 e. The molecule has 35 heavy (non-hydrogen) atoms. The van der Waals surface area contributed by atoms with Gasteiger partial charge < -0.3 is 19.9 Å². The SMILES string of the molecule is Cc1cc(NC2CCC(OCC(=O)N3CCN(c4ccc(Cl)cc4F)CC3)CC2)ccc1[N+](=O)[O-]. The first-order valence-electron chi connectivity index (χ1n) is 11.9. The van der Waals surface area contributed by atoms with Crippen molar-refractivity contribution in [2.75, 3.05) is 43.0 Å². The summed E-state index contributed by atoms with van der Waals surface area (Å²) in [5, 5.41) is 14.8. The number of piperazine rings is 1. The number of benzene rings is 2. The van der Waals surface area contributed by atoms with Crippen LogP contribution in [-0.4, -0.2) is 60.7 Å². The second kappa shape index (κ2) is 11.2. The normalized spacial score (nSPS) is 20.5. The van der Waals surface area contributed by atoms with E-state index in [2.05, 4.69) is 5.32 Å². The highest BCUT2D eigenvalue weighted by Crippen LogP contribution is 2.27. The number of rotatable bonds is 7. The van der Waals surface area contributed by atoms with Crippen molar-refractivity contribution in [1.82, 2.24) is 4.90 Å². The molecule has 1 aliphatic carbocycles. The summed E-state index contributed by atoms with van der Waals surface area (Å²) in [6, 6.07) is 10.00. The van der Waals surface area contributed by atoms with Crippen LogP contribution in [-0.2, 0) is 9.53 Å². The quantitative estimate of drug-likeness (QED) is 0.431. The highest BCUT2D eigenvalue weighted by molar-refractivity contribution is 6.30. The van der Waals surface area contributed by atoms with Gasteiger partial charge in [-0.25, -0.2) is 4.39 Å². The van der Waals surface area contributed by atoms with Gasteiger partial charge >= 0.3 is 0 Å². The van der Waals surface area contributed by atoms with Crippen LogP contribution in [0.4, 0.5) is 21.5 Å². The Bertz CT molecular complexity index is 1070. The van der Waals surface area contributed by atoms with Crippen LogP contribution in [0.5, 0.6) is 0 Å². The number of nitrogens with zero attached hydrogens (tertiary/aromatic N) is 3. The number of anilines is 2. The van der Waals surface area contributed by atoms with Crippen molar-refractivity contribution in [3.63, 3.8) is 0 Å². The number of nitro groups is 1. The van der Waals surface area contributed by atoms with Crippen molar-refractivity contribution in [3.05, 3.63) is 62.9 Å². The van der Waals surface area contributed by atoms with Gasteiger partial charge in [0.1, 0.15) is 12.4 Å². The van der Waals surface area contributed by atoms with Crippen LogP contribution < -0.4 is 10.2 Å². The number of aryl methyl sites for hydroxylation is 1. The Hall–Kier alpha value is -2.91. The number of carbonyl (C=O) groups is 1. The van der Waals surface area contributed by atoms with E-state index >= 15 is 0 Å². The fourth-order valence-corrected chi connectivity index (χ4v) is 4.93. The monoisotopic (exact) mass is 504 g/mol. The maximum Gasteiger partial charge on any atom is 0.272 e. The molecule has 1 saturated heterocycles. The minimum absolute atomic E-state index is 0.0390. The third kappa shape index (κ3) is 6.41. The van der Waals surface area contributed by atoms with E-state index in [1.807, 2.05) is 4.90 Å². The van der Waals surface area contributed by atoms with Gasteiger partial charge in [0.05, 0.1) is 16.7 Å². The lowest BCUT2D eigenvalue weighted by molar-refractivity contribution is -0.385. The summed E-state index contributed by atoms with van der Waals surface area (Å²) in [6.07, 6.45) is 3.54. The summed E-state index contributed by atoms with van der Waals surface area (Å²) in [5.41, 5.74) is 2.14. The minimum Gasteiger partial charge on any atom is -0.382 e. The highest BCUT2D eigenvalue weighted by atomic mass is 35.5. The molecule has 2 aromatic rings. The Morgan fingerprint density at radius 1 is 1.14 bits per heavy atom. The molecule has 1 heterocycles. The van der Waals surface area contributed by atoms with E-state index < -0.39 is 0 Å². The van der Waals surface area contributed by atoms with E-state index in [4.69, 9.17) is 16.3 Å². The van der Waals surface area contributed by atoms with Crippen LogP contribution in [0, 0.1) is 22.9 Å². The molecule has 0 bridgehead atoms. The Kier molecular flexibility index (Phi) is 8.07. The van der Waals surface area contributed by atoms with E-state index in [0.717, 1.165) is 31.4 Å². The first kappa shape index (κ1) is 25.2. The van der Waals surface area contributed by atoms with Gasteiger partial charge in [0, 0.05) is 54.6 Å². The van der Waals surface area contributed by atoms with Crippen LogP contribution >= 0.6 is 11.6 Å². The molecule has 1 amide bonds. The number of ether oxygens (including phenoxy) is 1. The number of nitro benzene ring substituents is 1. The third-order valence-corrected chi connectivity index (χ3v) is 7.00. The fraction of sp³-hybridized carbons (Fsp3) is 0.480. The molecule has 8 nitrogen and oxygen atoms in total. The van der Waals surface area contributed by atoms with Gasteiger partial charge in [0.25, 0.3) is 5.69 Å². The molecule has 0 radical (unpaired) electrons. The summed E-state index contributed by atoms with van der Waals surface area (Å²) in [7, 11) is 0. The number of hydrogen-bond acceptors (Lipinski definition) is 6. The molecule has 1 aliphatic heterocycles. The molecule has 2 aliphatic rings. The Morgan fingerprint density at radius 2 is 1.86 bits per heavy atom. The standard InChI is InChI=1S/C25H30ClFN4O4/c1-17-14-20(5-9-23(17)31(33)34)28-19-3-6-21(7-4-19)35-16-25(32)30-12-10-29(11-13-30)24-8-2-18(26)15-22(24)27/h2,5,8-9,14-15,19,21,28H,3-4,6-7,10-13,16H2,1H3. The molecule has 2 fully saturated rings. The summed E-state index contributed by atoms with van der Waals surface area (Å²) < 4.78 is 20.1. The summed E-state index contributed by atoms with van der Waals surface area (Å²) in [6.45, 7) is 3.96. The lowest BCUT2D eigenvalue weighted by Gasteiger charge is -2.36. The average molecular weight is 505 g/mol. The molecular formula is C25H30ClFN4O4. The van der Waals surface area contributed by atoms with Gasteiger partial charge in [-0.3, -0.25) is 14.9 Å². The van der Waals surface area contributed by atoms with E-state index in [1.165, 1.54) is 12.1 Å². The zero-order valence-corrected chi connectivity index (χ0v) is 20.5. The van der Waals surface area contributed by atoms with Gasteiger partial charge in [-0.2, -0.15) is 0 Å². The van der Waals surface area contributed by atoms with Crippen molar-refractivity contribution in [2.24, 2.45) is 0 Å². The topological polar surface area (TPSA) is 88.0 Å². The maximum atomic E-state index is 14.2. The fourth-order valence-electron chi connectivity index (χ4n) is 4.77. The number of halogens is 2. The second-order valence-corrected chi connectivity index (χ2v) is 9.59. The van der Waals surface area contributed by atoms with Gasteiger partial charge in [0.2, 0.25) is 5.91 Å². The molecule has 4 rings (SSSR count). The lowest BCUT2D eigenvalue weighted by Crippen LogP contribution is -2.50. The van der Waals surface area contributed by atoms with E-state index in [-0.39, 0.29) is 41.1 Å². The Labute approximate surface area is 209 Å². The average Bonchev–Trinajstić information content (AvgIpc) is 2.83. The van der Waals surface area contributed by atoms with E-state index in [0.29, 0.717) is 42.5 Å². The predicted octanol–water partition coefficient (Wildman–Crippen LogP) is 4.78. The lowest BCUT2D eigenvalue weighted by atomic mass is 9.92. The molecule has 1 saturated carbocycles. The van der Waals surface area contributed by atoms with E-state index in [9.17, 15) is 19.3 Å². The van der Waals surface area contributed by atoms with Crippen molar-refractivity contribution in [2.45, 2.75) is 44.8 Å². The van der Waals surface area contributed by atoms with Crippen molar-refractivity contribution < 1.29 is 18.8 Å². The zero-order valence-electron chi connectivity index (χ0n) is 19.7. The highest BCUT2D eigenvalue weighted by Gasteiger charge is 2.26. The molecule has 10 heteroatoms. The van der Waals surface area contributed by atoms with Gasteiger partial charge in [0.15, 0.2) is 0 Å². The minimum atomic E-state index is -0.373. The van der Waals surface area contributed by atoms with Crippen LogP contribution in [0.25, 0.3) is 0 Å². The Balaban J connectivity index is 1.17. The number of amides is 1. The smallest absolute Gasteiger partial charge is 0.272 e. The van der Waals surface area contributed by atoms with Gasteiger partial charge in [-0.1, -0.05) is 11.6 Å². The number of nitrogens with one attached hydrogen (secondary N) is 1. The molecule has 0 spiro atoms. The maximum absolute atomic E-state index is 14.2. The number of hydrogen-bond donors (Lipinski definition) is 1. The molecule has 188 valence electrons. The van der Waals surface area contributed by atoms with Crippen LogP contribution in [0.15, 0.2) is 36.4 Å². The van der Waals surface area contributed by atoms with Crippen molar-refractivity contribution in [1.29, 1.82) is 0 Å². The molecule has 0 unspecified atom stereocenters. The second-order valence-electron chi connectivity index (χ2n) is 9.15. The summed E-state index contributed by atoms with van der Waals surface area (Å²) in [5.74, 6) is -0.391. The predicted molar refractivity (Wildman–Crippen MR) is 134 cm³/mol.